The number of aryl methyl sites for hydroxylation is 1. The van der Waals surface area contributed by atoms with Crippen molar-refractivity contribution in [1.82, 2.24) is 20.3 Å². The summed E-state index contributed by atoms with van der Waals surface area (Å²) in [6, 6.07) is 10.8. The normalized spacial score (nSPS) is 10.8. The Hall–Kier alpha value is -2.64. The van der Waals surface area contributed by atoms with Gasteiger partial charge in [-0.25, -0.2) is 0 Å². The average Bonchev–Trinajstić information content (AvgIpc) is 3.27. The van der Waals surface area contributed by atoms with Gasteiger partial charge in [-0.05, 0) is 43.7 Å². The number of aromatic nitrogens is 3. The van der Waals surface area contributed by atoms with Crippen molar-refractivity contribution in [3.8, 4) is 5.69 Å². The molecule has 0 atom stereocenters. The van der Waals surface area contributed by atoms with E-state index in [0.29, 0.717) is 48.3 Å². The summed E-state index contributed by atoms with van der Waals surface area (Å²) in [5.41, 5.74) is 1.55. The Morgan fingerprint density at radius 3 is 2.96 bits per heavy atom. The maximum Gasteiger partial charge on any atom is 0.273 e. The lowest BCUT2D eigenvalue weighted by molar-refractivity contribution is 0.0912. The fourth-order valence-corrected chi connectivity index (χ4v) is 2.52. The van der Waals surface area contributed by atoms with Crippen LogP contribution in [0.4, 0.5) is 0 Å². The summed E-state index contributed by atoms with van der Waals surface area (Å²) in [6.45, 7) is 3.18. The molecule has 0 fully saturated rings. The smallest absolute Gasteiger partial charge is 0.273 e. The Bertz CT molecular complexity index is 861. The van der Waals surface area contributed by atoms with Gasteiger partial charge in [0.25, 0.3) is 5.91 Å². The molecule has 26 heavy (non-hydrogen) atoms. The van der Waals surface area contributed by atoms with Crippen LogP contribution in [0.2, 0.25) is 5.02 Å². The van der Waals surface area contributed by atoms with Crippen LogP contribution in [-0.2, 0) is 11.3 Å². The topological polar surface area (TPSA) is 82.2 Å². The molecule has 0 saturated heterocycles. The third-order valence-electron chi connectivity index (χ3n) is 3.61. The van der Waals surface area contributed by atoms with E-state index in [1.165, 1.54) is 4.80 Å². The first-order valence-corrected chi connectivity index (χ1v) is 8.59. The van der Waals surface area contributed by atoms with Gasteiger partial charge in [0.05, 0.1) is 17.6 Å². The summed E-state index contributed by atoms with van der Waals surface area (Å²) in [5, 5.41) is 11.9. The van der Waals surface area contributed by atoms with Crippen molar-refractivity contribution in [2.45, 2.75) is 20.0 Å². The van der Waals surface area contributed by atoms with Gasteiger partial charge in [-0.3, -0.25) is 4.79 Å². The molecule has 1 N–H and O–H groups in total. The molecule has 0 saturated carbocycles. The zero-order valence-electron chi connectivity index (χ0n) is 14.3. The van der Waals surface area contributed by atoms with Gasteiger partial charge in [0.2, 0.25) is 0 Å². The molecule has 2 heterocycles. The van der Waals surface area contributed by atoms with E-state index in [1.807, 2.05) is 18.2 Å². The summed E-state index contributed by atoms with van der Waals surface area (Å²) in [6.07, 6.45) is 2.30. The highest BCUT2D eigenvalue weighted by atomic mass is 35.5. The van der Waals surface area contributed by atoms with Crippen molar-refractivity contribution in [2.75, 3.05) is 13.2 Å². The lowest BCUT2D eigenvalue weighted by atomic mass is 10.3. The van der Waals surface area contributed by atoms with E-state index in [1.54, 1.807) is 31.4 Å². The fraction of sp³-hybridized carbons (Fsp3) is 0.278. The molecule has 0 aliphatic rings. The second-order valence-electron chi connectivity index (χ2n) is 5.64. The van der Waals surface area contributed by atoms with Crippen molar-refractivity contribution in [3.05, 3.63) is 64.8 Å². The Morgan fingerprint density at radius 1 is 1.31 bits per heavy atom. The van der Waals surface area contributed by atoms with Gasteiger partial charge in [0.1, 0.15) is 12.4 Å². The van der Waals surface area contributed by atoms with Gasteiger partial charge < -0.3 is 14.5 Å². The monoisotopic (exact) mass is 374 g/mol. The van der Waals surface area contributed by atoms with E-state index in [2.05, 4.69) is 15.5 Å². The summed E-state index contributed by atoms with van der Waals surface area (Å²) in [4.78, 5) is 13.7. The first-order chi connectivity index (χ1) is 12.6. The minimum absolute atomic E-state index is 0.262. The quantitative estimate of drug-likeness (QED) is 0.612. The molecule has 8 heteroatoms. The molecule has 0 radical (unpaired) electrons. The number of hydrogen-bond acceptors (Lipinski definition) is 5. The zero-order chi connectivity index (χ0) is 18.4. The molecule has 0 aliphatic carbocycles. The van der Waals surface area contributed by atoms with E-state index < -0.39 is 0 Å². The molecule has 0 aliphatic heterocycles. The van der Waals surface area contributed by atoms with Crippen LogP contribution in [0.1, 0.15) is 28.4 Å². The summed E-state index contributed by atoms with van der Waals surface area (Å²) >= 11 is 5.98. The predicted molar refractivity (Wildman–Crippen MR) is 96.4 cm³/mol. The highest BCUT2D eigenvalue weighted by Gasteiger charge is 2.16. The van der Waals surface area contributed by atoms with Gasteiger partial charge in [0, 0.05) is 18.2 Å². The summed E-state index contributed by atoms with van der Waals surface area (Å²) in [5.74, 6) is 0.518. The van der Waals surface area contributed by atoms with Crippen LogP contribution >= 0.6 is 11.6 Å². The molecule has 3 aromatic rings. The molecule has 0 spiro atoms. The summed E-state index contributed by atoms with van der Waals surface area (Å²) in [7, 11) is 0. The highest BCUT2D eigenvalue weighted by molar-refractivity contribution is 6.30. The lowest BCUT2D eigenvalue weighted by Gasteiger charge is -2.04. The standard InChI is InChI=1S/C18H19ClN4O3/c1-13-17(22-23(21-13)15-6-2-5-14(19)11-15)18(24)20-8-4-9-25-12-16-7-3-10-26-16/h2-3,5-7,10-11H,4,8-9,12H2,1H3,(H,20,24). The van der Waals surface area contributed by atoms with Gasteiger partial charge in [0.15, 0.2) is 5.69 Å². The molecule has 1 aromatic carbocycles. The largest absolute Gasteiger partial charge is 0.467 e. The van der Waals surface area contributed by atoms with Crippen LogP contribution in [0.5, 0.6) is 0 Å². The number of nitrogens with zero attached hydrogens (tertiary/aromatic N) is 3. The number of carbonyl (C=O) groups is 1. The molecule has 136 valence electrons. The van der Waals surface area contributed by atoms with Gasteiger partial charge >= 0.3 is 0 Å². The van der Waals surface area contributed by atoms with Crippen LogP contribution in [0.25, 0.3) is 5.69 Å². The first-order valence-electron chi connectivity index (χ1n) is 8.21. The molecule has 7 nitrogen and oxygen atoms in total. The fourth-order valence-electron chi connectivity index (χ4n) is 2.33. The highest BCUT2D eigenvalue weighted by Crippen LogP contribution is 2.14. The van der Waals surface area contributed by atoms with Gasteiger partial charge in [-0.15, -0.1) is 5.10 Å². The molecule has 3 rings (SSSR count). The minimum Gasteiger partial charge on any atom is -0.467 e. The van der Waals surface area contributed by atoms with E-state index in [0.717, 1.165) is 5.76 Å². The molecule has 2 aromatic heterocycles. The maximum atomic E-state index is 12.3. The zero-order valence-corrected chi connectivity index (χ0v) is 15.1. The molecular formula is C18H19ClN4O3. The molecule has 0 bridgehead atoms. The van der Waals surface area contributed by atoms with E-state index >= 15 is 0 Å². The van der Waals surface area contributed by atoms with Crippen molar-refractivity contribution in [1.29, 1.82) is 0 Å². The number of furan rings is 1. The van der Waals surface area contributed by atoms with Crippen molar-refractivity contribution in [2.24, 2.45) is 0 Å². The second kappa shape index (κ2) is 8.64. The Balaban J connectivity index is 1.47. The Labute approximate surface area is 155 Å². The van der Waals surface area contributed by atoms with Gasteiger partial charge in [-0.2, -0.15) is 9.90 Å². The predicted octanol–water partition coefficient (Wildman–Crippen LogP) is 3.16. The third-order valence-corrected chi connectivity index (χ3v) is 3.85. The minimum atomic E-state index is -0.262. The number of ether oxygens (including phenoxy) is 1. The van der Waals surface area contributed by atoms with Crippen molar-refractivity contribution < 1.29 is 13.9 Å². The third kappa shape index (κ3) is 4.71. The van der Waals surface area contributed by atoms with E-state index in [-0.39, 0.29) is 5.91 Å². The maximum absolute atomic E-state index is 12.3. The Morgan fingerprint density at radius 2 is 2.19 bits per heavy atom. The van der Waals surface area contributed by atoms with Crippen molar-refractivity contribution in [3.63, 3.8) is 0 Å². The number of amides is 1. The van der Waals surface area contributed by atoms with E-state index in [9.17, 15) is 4.79 Å². The number of hydrogen-bond donors (Lipinski definition) is 1. The van der Waals surface area contributed by atoms with Gasteiger partial charge in [-0.1, -0.05) is 17.7 Å². The second-order valence-corrected chi connectivity index (χ2v) is 6.08. The van der Waals surface area contributed by atoms with Crippen molar-refractivity contribution >= 4 is 17.5 Å². The number of nitrogens with one attached hydrogen (secondary N) is 1. The first kappa shape index (κ1) is 18.2. The number of rotatable bonds is 8. The van der Waals surface area contributed by atoms with Crippen LogP contribution < -0.4 is 5.32 Å². The van der Waals surface area contributed by atoms with Crippen LogP contribution in [0.15, 0.2) is 47.1 Å². The molecule has 0 unspecified atom stereocenters. The van der Waals surface area contributed by atoms with Crippen LogP contribution in [-0.4, -0.2) is 34.1 Å². The number of carbonyl (C=O) groups excluding carboxylic acids is 1. The molecular weight excluding hydrogens is 356 g/mol. The van der Waals surface area contributed by atoms with Crippen LogP contribution in [0, 0.1) is 6.92 Å². The Kier molecular flexibility index (Phi) is 6.04. The average molecular weight is 375 g/mol. The summed E-state index contributed by atoms with van der Waals surface area (Å²) < 4.78 is 10.6. The molecule has 1 amide bonds. The van der Waals surface area contributed by atoms with Crippen LogP contribution in [0.3, 0.4) is 0 Å². The lowest BCUT2D eigenvalue weighted by Crippen LogP contribution is -2.26. The number of benzene rings is 1. The SMILES string of the molecule is Cc1nn(-c2cccc(Cl)c2)nc1C(=O)NCCCOCc1ccco1. The number of halogens is 1. The van der Waals surface area contributed by atoms with E-state index in [4.69, 9.17) is 20.8 Å².